The number of carbonyl (C=O) groups excluding carboxylic acids is 1. The van der Waals surface area contributed by atoms with E-state index in [0.29, 0.717) is 5.88 Å². The van der Waals surface area contributed by atoms with E-state index in [4.69, 9.17) is 4.74 Å². The number of ether oxygens (including phenoxy) is 1. The summed E-state index contributed by atoms with van der Waals surface area (Å²) in [4.78, 5) is 13.7. The van der Waals surface area contributed by atoms with E-state index in [0.717, 1.165) is 0 Å². The molecule has 0 saturated carbocycles. The summed E-state index contributed by atoms with van der Waals surface area (Å²) in [7, 11) is 1.58. The van der Waals surface area contributed by atoms with E-state index in [1.165, 1.54) is 0 Å². The third-order valence-electron chi connectivity index (χ3n) is 1.41. The molecule has 1 aromatic rings. The molecule has 5 heteroatoms. The SMILES string of the molecule is CC(C)(C)C(=O)[O-].COc1ccc[c-]n1.[Zn+2]. The van der Waals surface area contributed by atoms with Crippen LogP contribution in [0.1, 0.15) is 20.8 Å². The number of nitrogens with zero attached hydrogens (tertiary/aromatic N) is 1. The van der Waals surface area contributed by atoms with Crippen molar-refractivity contribution < 1.29 is 34.1 Å². The summed E-state index contributed by atoms with van der Waals surface area (Å²) >= 11 is 0. The molecule has 0 spiro atoms. The van der Waals surface area contributed by atoms with E-state index in [9.17, 15) is 9.90 Å². The maximum absolute atomic E-state index is 9.91. The van der Waals surface area contributed by atoms with Gasteiger partial charge in [0.1, 0.15) is 0 Å². The van der Waals surface area contributed by atoms with Crippen LogP contribution in [0.4, 0.5) is 0 Å². The molecule has 4 nitrogen and oxygen atoms in total. The van der Waals surface area contributed by atoms with Crippen LogP contribution in [0.25, 0.3) is 0 Å². The van der Waals surface area contributed by atoms with Crippen molar-refractivity contribution in [1.82, 2.24) is 4.98 Å². The number of methoxy groups -OCH3 is 1. The largest absolute Gasteiger partial charge is 2.00 e. The van der Waals surface area contributed by atoms with E-state index < -0.39 is 11.4 Å². The minimum Gasteiger partial charge on any atom is -0.550 e. The molecule has 0 saturated heterocycles. The van der Waals surface area contributed by atoms with Gasteiger partial charge in [-0.15, -0.1) is 6.07 Å². The molecule has 0 N–H and O–H groups in total. The molecule has 0 aliphatic heterocycles. The summed E-state index contributed by atoms with van der Waals surface area (Å²) in [6.07, 6.45) is 2.64. The number of hydrogen-bond donors (Lipinski definition) is 0. The number of aliphatic carboxylic acids is 1. The Morgan fingerprint density at radius 3 is 2.19 bits per heavy atom. The molecule has 0 bridgehead atoms. The summed E-state index contributed by atoms with van der Waals surface area (Å²) in [6, 6.07) is 5.32. The Bertz CT molecular complexity index is 296. The second-order valence-corrected chi connectivity index (χ2v) is 3.85. The first-order chi connectivity index (χ1) is 6.88. The zero-order valence-electron chi connectivity index (χ0n) is 10.1. The minimum atomic E-state index is -1.01. The van der Waals surface area contributed by atoms with E-state index in [1.54, 1.807) is 40.0 Å². The van der Waals surface area contributed by atoms with Crippen LogP contribution in [0.15, 0.2) is 18.2 Å². The van der Waals surface area contributed by atoms with Crippen LogP contribution < -0.4 is 9.84 Å². The van der Waals surface area contributed by atoms with Crippen LogP contribution in [-0.2, 0) is 24.3 Å². The Morgan fingerprint density at radius 2 is 2.00 bits per heavy atom. The number of carboxylic acids is 1. The number of rotatable bonds is 1. The van der Waals surface area contributed by atoms with E-state index in [1.807, 2.05) is 6.07 Å². The van der Waals surface area contributed by atoms with E-state index >= 15 is 0 Å². The fourth-order valence-electron chi connectivity index (χ4n) is 0.425. The number of carbonyl (C=O) groups is 1. The predicted molar refractivity (Wildman–Crippen MR) is 54.1 cm³/mol. The summed E-state index contributed by atoms with van der Waals surface area (Å²) in [5, 5.41) is 9.91. The van der Waals surface area contributed by atoms with Crippen molar-refractivity contribution >= 4 is 5.97 Å². The van der Waals surface area contributed by atoms with E-state index in [-0.39, 0.29) is 19.5 Å². The Kier molecular flexibility index (Phi) is 8.96. The van der Waals surface area contributed by atoms with Gasteiger partial charge in [0.2, 0.25) is 0 Å². The molecule has 84 valence electrons. The van der Waals surface area contributed by atoms with Gasteiger partial charge in [-0.2, -0.15) is 12.1 Å². The molecule has 0 unspecified atom stereocenters. The summed E-state index contributed by atoms with van der Waals surface area (Å²) < 4.78 is 4.77. The van der Waals surface area contributed by atoms with Crippen molar-refractivity contribution in [1.29, 1.82) is 0 Å². The Hall–Kier alpha value is -0.957. The molecule has 1 heterocycles. The van der Waals surface area contributed by atoms with Crippen LogP contribution in [-0.4, -0.2) is 18.1 Å². The monoisotopic (exact) mass is 273 g/mol. The maximum Gasteiger partial charge on any atom is 2.00 e. The van der Waals surface area contributed by atoms with Gasteiger partial charge in [0.25, 0.3) is 0 Å². The van der Waals surface area contributed by atoms with Crippen molar-refractivity contribution in [3.8, 4) is 5.88 Å². The van der Waals surface area contributed by atoms with Gasteiger partial charge in [0.15, 0.2) is 0 Å². The molecule has 1 aromatic heterocycles. The first-order valence-corrected chi connectivity index (χ1v) is 4.46. The van der Waals surface area contributed by atoms with Crippen molar-refractivity contribution in [3.63, 3.8) is 0 Å². The molecule has 16 heavy (non-hydrogen) atoms. The minimum absolute atomic E-state index is 0. The molecule has 0 aromatic carbocycles. The van der Waals surface area contributed by atoms with Gasteiger partial charge >= 0.3 is 19.5 Å². The first-order valence-electron chi connectivity index (χ1n) is 4.46. The number of pyridine rings is 1. The third-order valence-corrected chi connectivity index (χ3v) is 1.41. The molecule has 0 fully saturated rings. The van der Waals surface area contributed by atoms with Crippen LogP contribution in [0.2, 0.25) is 0 Å². The van der Waals surface area contributed by atoms with Gasteiger partial charge in [-0.05, 0) is 0 Å². The average molecular weight is 275 g/mol. The molecule has 0 aliphatic rings. The van der Waals surface area contributed by atoms with Crippen LogP contribution in [0.5, 0.6) is 5.88 Å². The molecule has 0 radical (unpaired) electrons. The maximum atomic E-state index is 9.91. The summed E-state index contributed by atoms with van der Waals surface area (Å²) in [5.74, 6) is -0.403. The van der Waals surface area contributed by atoms with Gasteiger partial charge in [-0.3, -0.25) is 0 Å². The molecule has 0 aliphatic carbocycles. The zero-order valence-corrected chi connectivity index (χ0v) is 13.1. The van der Waals surface area contributed by atoms with Gasteiger partial charge in [0, 0.05) is 11.4 Å². The Labute approximate surface area is 109 Å². The third kappa shape index (κ3) is 8.36. The Balaban J connectivity index is 0. The van der Waals surface area contributed by atoms with Crippen molar-refractivity contribution in [3.05, 3.63) is 24.4 Å². The topological polar surface area (TPSA) is 62.2 Å². The normalized spacial score (nSPS) is 9.25. The van der Waals surface area contributed by atoms with Gasteiger partial charge < -0.3 is 19.6 Å². The predicted octanol–water partition coefficient (Wildman–Crippen LogP) is 0.670. The standard InChI is InChI=1S/C6H6NO.C5H10O2.Zn/c1-8-6-4-2-3-5-7-6;1-5(2,3)4(6)7;/h2-4H,1H3;1-3H3,(H,6,7);/q-1;;+2/p-1. The summed E-state index contributed by atoms with van der Waals surface area (Å²) in [6.45, 7) is 4.80. The number of aromatic nitrogens is 1. The quantitative estimate of drug-likeness (QED) is 0.558. The smallest absolute Gasteiger partial charge is 0.550 e. The number of carboxylic acid groups (broad SMARTS) is 1. The van der Waals surface area contributed by atoms with Gasteiger partial charge in [0.05, 0.1) is 13.0 Å². The molecular formula is C11H15NO3Zn. The molecule has 0 amide bonds. The molecule has 0 atom stereocenters. The number of hydrogen-bond acceptors (Lipinski definition) is 4. The average Bonchev–Trinajstić information content (AvgIpc) is 2.18. The van der Waals surface area contributed by atoms with Crippen LogP contribution in [0, 0.1) is 11.6 Å². The molecular weight excluding hydrogens is 260 g/mol. The fourth-order valence-corrected chi connectivity index (χ4v) is 0.425. The first kappa shape index (κ1) is 17.4. The van der Waals surface area contributed by atoms with E-state index in [2.05, 4.69) is 11.2 Å². The summed E-state index contributed by atoms with van der Waals surface area (Å²) in [5.41, 5.74) is -0.694. The fraction of sp³-hybridized carbons (Fsp3) is 0.455. The van der Waals surface area contributed by atoms with Crippen molar-refractivity contribution in [2.45, 2.75) is 20.8 Å². The molecule has 1 rings (SSSR count). The van der Waals surface area contributed by atoms with Gasteiger partial charge in [-0.25, -0.2) is 0 Å². The zero-order chi connectivity index (χ0) is 11.9. The second kappa shape index (κ2) is 8.23. The van der Waals surface area contributed by atoms with Gasteiger partial charge in [-0.1, -0.05) is 27.0 Å². The van der Waals surface area contributed by atoms with Crippen molar-refractivity contribution in [2.24, 2.45) is 5.41 Å². The van der Waals surface area contributed by atoms with Crippen molar-refractivity contribution in [2.75, 3.05) is 7.11 Å². The Morgan fingerprint density at radius 1 is 1.50 bits per heavy atom. The second-order valence-electron chi connectivity index (χ2n) is 3.85. The van der Waals surface area contributed by atoms with Crippen LogP contribution >= 0.6 is 0 Å². The van der Waals surface area contributed by atoms with Crippen LogP contribution in [0.3, 0.4) is 0 Å².